The van der Waals surface area contributed by atoms with Crippen molar-refractivity contribution in [2.75, 3.05) is 19.8 Å². The number of aliphatic hydroxyl groups is 7. The molecule has 0 aliphatic heterocycles. The van der Waals surface area contributed by atoms with Crippen LogP contribution < -0.4 is 0 Å². The van der Waals surface area contributed by atoms with Crippen LogP contribution in [0.5, 0.6) is 0 Å². The quantitative estimate of drug-likeness (QED) is 0.194. The number of hydrogen-bond donors (Lipinski definition) is 7. The van der Waals surface area contributed by atoms with Gasteiger partial charge in [0.15, 0.2) is 6.29 Å². The highest BCUT2D eigenvalue weighted by Crippen LogP contribution is 2.09. The van der Waals surface area contributed by atoms with Crippen LogP contribution in [0.3, 0.4) is 0 Å². The molecular formula is C12H22O8. The minimum atomic E-state index is -1.64. The second-order valence-corrected chi connectivity index (χ2v) is 4.11. The largest absolute Gasteiger partial charge is 0.512 e. The summed E-state index contributed by atoms with van der Waals surface area (Å²) in [6.07, 6.45) is -2.50. The molecule has 0 amide bonds. The smallest absolute Gasteiger partial charge is 0.181 e. The lowest BCUT2D eigenvalue weighted by Crippen LogP contribution is -2.32. The topological polar surface area (TPSA) is 151 Å². The Morgan fingerprint density at radius 1 is 0.900 bits per heavy atom. The lowest BCUT2D eigenvalue weighted by molar-refractivity contribution is -0.175. The molecular weight excluding hydrogens is 272 g/mol. The minimum absolute atomic E-state index is 0.168. The molecule has 0 aliphatic carbocycles. The lowest BCUT2D eigenvalue weighted by Gasteiger charge is -2.19. The van der Waals surface area contributed by atoms with Crippen molar-refractivity contribution in [3.05, 3.63) is 23.7 Å². The first-order chi connectivity index (χ1) is 9.40. The predicted octanol–water partition coefficient (Wildman–Crippen LogP) is -1.31. The molecule has 0 aliphatic rings. The van der Waals surface area contributed by atoms with E-state index in [0.29, 0.717) is 0 Å². The number of rotatable bonds is 10. The Hall–Kier alpha value is -1.16. The van der Waals surface area contributed by atoms with E-state index in [-0.39, 0.29) is 37.6 Å². The molecule has 0 spiro atoms. The summed E-state index contributed by atoms with van der Waals surface area (Å²) in [5.74, 6) is -0.520. The average Bonchev–Trinajstić information content (AvgIpc) is 2.36. The van der Waals surface area contributed by atoms with E-state index >= 15 is 0 Å². The zero-order valence-corrected chi connectivity index (χ0v) is 11.0. The standard InChI is InChI=1S/C12H22O8/c13-3-1-8(15)5-10(17)7-20-12(19)11(18)6-9(16)2-4-14/h1-2,10-19H,3-7H2. The average molecular weight is 294 g/mol. The lowest BCUT2D eigenvalue weighted by atomic mass is 10.2. The molecule has 0 radical (unpaired) electrons. The summed E-state index contributed by atoms with van der Waals surface area (Å²) in [6, 6.07) is 0. The Balaban J connectivity index is 4.05. The molecule has 0 rings (SSSR count). The van der Waals surface area contributed by atoms with Gasteiger partial charge in [0.2, 0.25) is 0 Å². The summed E-state index contributed by atoms with van der Waals surface area (Å²) in [6.45, 7) is -1.12. The van der Waals surface area contributed by atoms with Gasteiger partial charge in [-0.3, -0.25) is 0 Å². The third-order valence-corrected chi connectivity index (χ3v) is 2.31. The van der Waals surface area contributed by atoms with E-state index in [4.69, 9.17) is 14.9 Å². The Kier molecular flexibility index (Phi) is 9.99. The van der Waals surface area contributed by atoms with E-state index in [2.05, 4.69) is 0 Å². The van der Waals surface area contributed by atoms with Gasteiger partial charge in [-0.25, -0.2) is 0 Å². The van der Waals surface area contributed by atoms with Crippen LogP contribution >= 0.6 is 0 Å². The molecule has 0 aromatic carbocycles. The molecule has 0 aromatic rings. The van der Waals surface area contributed by atoms with Crippen LogP contribution in [0, 0.1) is 0 Å². The number of aliphatic hydroxyl groups excluding tert-OH is 7. The molecule has 0 saturated carbocycles. The van der Waals surface area contributed by atoms with Gasteiger partial charge >= 0.3 is 0 Å². The van der Waals surface area contributed by atoms with Gasteiger partial charge in [0.05, 0.1) is 37.4 Å². The van der Waals surface area contributed by atoms with Crippen LogP contribution in [0.1, 0.15) is 12.8 Å². The first kappa shape index (κ1) is 18.8. The molecule has 8 nitrogen and oxygen atoms in total. The summed E-state index contributed by atoms with van der Waals surface area (Å²) in [5.41, 5.74) is 0. The van der Waals surface area contributed by atoms with Gasteiger partial charge < -0.3 is 40.5 Å². The minimum Gasteiger partial charge on any atom is -0.512 e. The van der Waals surface area contributed by atoms with Crippen molar-refractivity contribution in [3.63, 3.8) is 0 Å². The third-order valence-electron chi connectivity index (χ3n) is 2.31. The zero-order chi connectivity index (χ0) is 15.5. The van der Waals surface area contributed by atoms with Gasteiger partial charge in [-0.1, -0.05) is 0 Å². The molecule has 118 valence electrons. The van der Waals surface area contributed by atoms with Gasteiger partial charge in [0.25, 0.3) is 0 Å². The van der Waals surface area contributed by atoms with Crippen molar-refractivity contribution in [1.29, 1.82) is 0 Å². The molecule has 20 heavy (non-hydrogen) atoms. The summed E-state index contributed by atoms with van der Waals surface area (Å²) >= 11 is 0. The Morgan fingerprint density at radius 3 is 1.90 bits per heavy atom. The highest BCUT2D eigenvalue weighted by atomic mass is 16.6. The fourth-order valence-electron chi connectivity index (χ4n) is 1.31. The van der Waals surface area contributed by atoms with Crippen molar-refractivity contribution >= 4 is 0 Å². The van der Waals surface area contributed by atoms with E-state index in [1.54, 1.807) is 0 Å². The fraction of sp³-hybridized carbons (Fsp3) is 0.667. The van der Waals surface area contributed by atoms with Crippen molar-refractivity contribution in [3.8, 4) is 0 Å². The number of hydrogen-bond acceptors (Lipinski definition) is 8. The molecule has 7 N–H and O–H groups in total. The van der Waals surface area contributed by atoms with Crippen molar-refractivity contribution < 1.29 is 40.5 Å². The van der Waals surface area contributed by atoms with Crippen molar-refractivity contribution in [2.24, 2.45) is 0 Å². The SMILES string of the molecule is OCC=C(O)CC(O)COC(O)C(O)CC(O)=CCO. The highest BCUT2D eigenvalue weighted by Gasteiger charge is 2.20. The van der Waals surface area contributed by atoms with Gasteiger partial charge in [-0.05, 0) is 12.2 Å². The van der Waals surface area contributed by atoms with Crippen molar-refractivity contribution in [1.82, 2.24) is 0 Å². The van der Waals surface area contributed by atoms with Crippen molar-refractivity contribution in [2.45, 2.75) is 31.3 Å². The van der Waals surface area contributed by atoms with E-state index in [0.717, 1.165) is 12.2 Å². The predicted molar refractivity (Wildman–Crippen MR) is 68.8 cm³/mol. The Bertz CT molecular complexity index is 315. The van der Waals surface area contributed by atoms with Crippen LogP contribution in [0.4, 0.5) is 0 Å². The van der Waals surface area contributed by atoms with Crippen LogP contribution in [0.2, 0.25) is 0 Å². The van der Waals surface area contributed by atoms with Crippen LogP contribution in [0.15, 0.2) is 23.7 Å². The number of ether oxygens (including phenoxy) is 1. The zero-order valence-electron chi connectivity index (χ0n) is 11.0. The molecule has 0 aromatic heterocycles. The van der Waals surface area contributed by atoms with Gasteiger partial charge in [-0.2, -0.15) is 0 Å². The third kappa shape index (κ3) is 8.86. The van der Waals surface area contributed by atoms with Crippen LogP contribution in [-0.4, -0.2) is 74.1 Å². The Morgan fingerprint density at radius 2 is 1.40 bits per heavy atom. The van der Waals surface area contributed by atoms with E-state index in [9.17, 15) is 25.5 Å². The maximum Gasteiger partial charge on any atom is 0.181 e. The first-order valence-electron chi connectivity index (χ1n) is 6.04. The van der Waals surface area contributed by atoms with E-state index < -0.39 is 25.1 Å². The summed E-state index contributed by atoms with van der Waals surface area (Å²) < 4.78 is 4.78. The summed E-state index contributed by atoms with van der Waals surface area (Å²) in [7, 11) is 0. The van der Waals surface area contributed by atoms with Gasteiger partial charge in [-0.15, -0.1) is 0 Å². The van der Waals surface area contributed by atoms with Crippen LogP contribution in [-0.2, 0) is 4.74 Å². The Labute approximate surface area is 116 Å². The van der Waals surface area contributed by atoms with Gasteiger partial charge in [0.1, 0.15) is 6.10 Å². The molecule has 0 bridgehead atoms. The molecule has 8 heteroatoms. The summed E-state index contributed by atoms with van der Waals surface area (Å²) in [5, 5.41) is 63.7. The van der Waals surface area contributed by atoms with E-state index in [1.165, 1.54) is 0 Å². The van der Waals surface area contributed by atoms with Crippen LogP contribution in [0.25, 0.3) is 0 Å². The maximum absolute atomic E-state index is 9.46. The molecule has 3 atom stereocenters. The maximum atomic E-state index is 9.46. The highest BCUT2D eigenvalue weighted by molar-refractivity contribution is 4.93. The molecule has 0 saturated heterocycles. The second kappa shape index (κ2) is 10.6. The molecule has 3 unspecified atom stereocenters. The normalized spacial score (nSPS) is 17.9. The summed E-state index contributed by atoms with van der Waals surface area (Å²) in [4.78, 5) is 0. The first-order valence-corrected chi connectivity index (χ1v) is 6.04. The van der Waals surface area contributed by atoms with Gasteiger partial charge in [0, 0.05) is 12.8 Å². The molecule has 0 heterocycles. The van der Waals surface area contributed by atoms with E-state index in [1.807, 2.05) is 0 Å². The monoisotopic (exact) mass is 294 g/mol. The molecule has 0 fully saturated rings. The fourth-order valence-corrected chi connectivity index (χ4v) is 1.31. The second-order valence-electron chi connectivity index (χ2n) is 4.11.